The van der Waals surface area contributed by atoms with Gasteiger partial charge in [-0.2, -0.15) is 0 Å². The zero-order chi connectivity index (χ0) is 15.2. The number of carbonyl (C=O) groups excluding carboxylic acids is 1. The van der Waals surface area contributed by atoms with Crippen molar-refractivity contribution in [1.29, 1.82) is 0 Å². The quantitative estimate of drug-likeness (QED) is 0.865. The van der Waals surface area contributed by atoms with Crippen LogP contribution in [0.3, 0.4) is 0 Å². The average molecular weight is 331 g/mol. The van der Waals surface area contributed by atoms with Crippen LogP contribution in [0.4, 0.5) is 5.69 Å². The highest BCUT2D eigenvalue weighted by Crippen LogP contribution is 2.40. The fourth-order valence-electron chi connectivity index (χ4n) is 2.47. The van der Waals surface area contributed by atoms with E-state index in [4.69, 9.17) is 14.2 Å². The predicted molar refractivity (Wildman–Crippen MR) is 87.6 cm³/mol. The maximum absolute atomic E-state index is 12.3. The van der Waals surface area contributed by atoms with E-state index in [1.54, 1.807) is 33.5 Å². The molecule has 1 aliphatic heterocycles. The van der Waals surface area contributed by atoms with Crippen molar-refractivity contribution >= 4 is 24.0 Å². The summed E-state index contributed by atoms with van der Waals surface area (Å²) in [5, 5.41) is 6.15. The lowest BCUT2D eigenvalue weighted by atomic mass is 9.99. The van der Waals surface area contributed by atoms with Crippen molar-refractivity contribution in [3.63, 3.8) is 0 Å². The first-order valence-electron chi connectivity index (χ1n) is 7.01. The number of anilines is 1. The van der Waals surface area contributed by atoms with E-state index in [0.717, 1.165) is 25.9 Å². The average Bonchev–Trinajstić information content (AvgIpc) is 2.54. The monoisotopic (exact) mass is 330 g/mol. The molecule has 22 heavy (non-hydrogen) atoms. The van der Waals surface area contributed by atoms with Gasteiger partial charge in [-0.3, -0.25) is 4.79 Å². The van der Waals surface area contributed by atoms with Crippen LogP contribution in [0.15, 0.2) is 12.1 Å². The van der Waals surface area contributed by atoms with Gasteiger partial charge in [0.2, 0.25) is 11.7 Å². The van der Waals surface area contributed by atoms with Crippen LogP contribution in [0, 0.1) is 5.92 Å². The summed E-state index contributed by atoms with van der Waals surface area (Å²) in [6, 6.07) is 3.46. The van der Waals surface area contributed by atoms with Gasteiger partial charge in [0.1, 0.15) is 0 Å². The minimum absolute atomic E-state index is 0. The second kappa shape index (κ2) is 8.70. The maximum atomic E-state index is 12.3. The van der Waals surface area contributed by atoms with E-state index >= 15 is 0 Å². The van der Waals surface area contributed by atoms with E-state index < -0.39 is 0 Å². The molecular weight excluding hydrogens is 308 g/mol. The highest BCUT2D eigenvalue weighted by atomic mass is 35.5. The molecular formula is C15H23ClN2O4. The molecule has 2 rings (SSSR count). The van der Waals surface area contributed by atoms with Crippen molar-refractivity contribution in [2.75, 3.05) is 39.7 Å². The lowest BCUT2D eigenvalue weighted by Crippen LogP contribution is -2.37. The second-order valence-corrected chi connectivity index (χ2v) is 4.95. The Kier molecular flexibility index (Phi) is 7.27. The lowest BCUT2D eigenvalue weighted by Gasteiger charge is -2.22. The van der Waals surface area contributed by atoms with Gasteiger partial charge in [0.25, 0.3) is 0 Å². The van der Waals surface area contributed by atoms with Crippen molar-refractivity contribution in [1.82, 2.24) is 5.32 Å². The molecule has 1 aromatic carbocycles. The fourth-order valence-corrected chi connectivity index (χ4v) is 2.47. The van der Waals surface area contributed by atoms with Crippen LogP contribution in [0.2, 0.25) is 0 Å². The molecule has 6 nitrogen and oxygen atoms in total. The molecule has 0 aromatic heterocycles. The van der Waals surface area contributed by atoms with Gasteiger partial charge in [0.15, 0.2) is 11.5 Å². The zero-order valence-electron chi connectivity index (χ0n) is 13.1. The van der Waals surface area contributed by atoms with Crippen molar-refractivity contribution in [2.45, 2.75) is 12.8 Å². The third-order valence-corrected chi connectivity index (χ3v) is 3.60. The van der Waals surface area contributed by atoms with E-state index in [1.807, 2.05) is 0 Å². The molecule has 1 atom stereocenters. The summed E-state index contributed by atoms with van der Waals surface area (Å²) >= 11 is 0. The molecule has 0 saturated carbocycles. The third kappa shape index (κ3) is 4.18. The molecule has 1 heterocycles. The van der Waals surface area contributed by atoms with E-state index in [2.05, 4.69) is 10.6 Å². The van der Waals surface area contributed by atoms with Crippen LogP contribution in [0.1, 0.15) is 12.8 Å². The zero-order valence-corrected chi connectivity index (χ0v) is 13.9. The number of amides is 1. The number of nitrogens with one attached hydrogen (secondary N) is 2. The molecule has 1 aromatic rings. The molecule has 0 unspecified atom stereocenters. The second-order valence-electron chi connectivity index (χ2n) is 4.95. The molecule has 0 bridgehead atoms. The van der Waals surface area contributed by atoms with E-state index in [0.29, 0.717) is 22.9 Å². The summed E-state index contributed by atoms with van der Waals surface area (Å²) < 4.78 is 15.8. The number of hydrogen-bond donors (Lipinski definition) is 2. The van der Waals surface area contributed by atoms with E-state index in [1.165, 1.54) is 0 Å². The van der Waals surface area contributed by atoms with Gasteiger partial charge in [-0.05, 0) is 19.4 Å². The van der Waals surface area contributed by atoms with Gasteiger partial charge in [-0.15, -0.1) is 12.4 Å². The Hall–Kier alpha value is -1.66. The Balaban J connectivity index is 0.00000242. The van der Waals surface area contributed by atoms with Gasteiger partial charge < -0.3 is 24.8 Å². The summed E-state index contributed by atoms with van der Waals surface area (Å²) in [6.07, 6.45) is 1.93. The summed E-state index contributed by atoms with van der Waals surface area (Å²) in [7, 11) is 4.65. The molecule has 124 valence electrons. The molecule has 1 aliphatic rings. The van der Waals surface area contributed by atoms with Gasteiger partial charge >= 0.3 is 0 Å². The number of halogens is 1. The smallest absolute Gasteiger partial charge is 0.228 e. The number of benzene rings is 1. The number of methoxy groups -OCH3 is 3. The first kappa shape index (κ1) is 18.4. The van der Waals surface area contributed by atoms with Crippen LogP contribution in [-0.4, -0.2) is 40.3 Å². The Labute approximate surface area is 136 Å². The SMILES string of the molecule is COc1cc(NC(=O)[C@@H]2CCCNC2)cc(OC)c1OC.Cl. The lowest BCUT2D eigenvalue weighted by molar-refractivity contribution is -0.120. The Morgan fingerprint density at radius 3 is 2.27 bits per heavy atom. The van der Waals surface area contributed by atoms with Crippen molar-refractivity contribution in [3.05, 3.63) is 12.1 Å². The molecule has 0 radical (unpaired) electrons. The predicted octanol–water partition coefficient (Wildman–Crippen LogP) is 2.07. The number of hydrogen-bond acceptors (Lipinski definition) is 5. The van der Waals surface area contributed by atoms with Crippen LogP contribution >= 0.6 is 12.4 Å². The third-order valence-electron chi connectivity index (χ3n) is 3.60. The van der Waals surface area contributed by atoms with Crippen LogP contribution in [0.5, 0.6) is 17.2 Å². The molecule has 0 spiro atoms. The number of piperidine rings is 1. The standard InChI is InChI=1S/C15H22N2O4.ClH/c1-19-12-7-11(8-13(20-2)14(12)21-3)17-15(18)10-5-4-6-16-9-10;/h7-8,10,16H,4-6,9H2,1-3H3,(H,17,18);1H/t10-;/m1./s1. The molecule has 1 amide bonds. The number of carbonyl (C=O) groups is 1. The van der Waals surface area contributed by atoms with Crippen molar-refractivity contribution in [2.24, 2.45) is 5.92 Å². The van der Waals surface area contributed by atoms with Crippen LogP contribution < -0.4 is 24.8 Å². The Morgan fingerprint density at radius 1 is 1.18 bits per heavy atom. The molecule has 2 N–H and O–H groups in total. The van der Waals surface area contributed by atoms with Crippen molar-refractivity contribution in [3.8, 4) is 17.2 Å². The fraction of sp³-hybridized carbons (Fsp3) is 0.533. The number of rotatable bonds is 5. The highest BCUT2D eigenvalue weighted by molar-refractivity contribution is 5.93. The highest BCUT2D eigenvalue weighted by Gasteiger charge is 2.22. The molecule has 1 saturated heterocycles. The first-order chi connectivity index (χ1) is 10.2. The molecule has 0 aliphatic carbocycles. The first-order valence-corrected chi connectivity index (χ1v) is 7.01. The maximum Gasteiger partial charge on any atom is 0.228 e. The number of ether oxygens (including phenoxy) is 3. The van der Waals surface area contributed by atoms with Gasteiger partial charge in [-0.1, -0.05) is 0 Å². The van der Waals surface area contributed by atoms with E-state index in [-0.39, 0.29) is 24.2 Å². The van der Waals surface area contributed by atoms with Crippen molar-refractivity contribution < 1.29 is 19.0 Å². The topological polar surface area (TPSA) is 68.8 Å². The van der Waals surface area contributed by atoms with Crippen LogP contribution in [0.25, 0.3) is 0 Å². The van der Waals surface area contributed by atoms with Crippen LogP contribution in [-0.2, 0) is 4.79 Å². The van der Waals surface area contributed by atoms with Gasteiger partial charge in [0.05, 0.1) is 27.2 Å². The van der Waals surface area contributed by atoms with E-state index in [9.17, 15) is 4.79 Å². The molecule has 1 fully saturated rings. The summed E-state index contributed by atoms with van der Waals surface area (Å²) in [5.74, 6) is 1.56. The Bertz CT molecular complexity index is 479. The minimum atomic E-state index is -0.00200. The summed E-state index contributed by atoms with van der Waals surface area (Å²) in [6.45, 7) is 1.70. The summed E-state index contributed by atoms with van der Waals surface area (Å²) in [4.78, 5) is 12.3. The normalized spacial score (nSPS) is 17.1. The minimum Gasteiger partial charge on any atom is -0.493 e. The molecule has 7 heteroatoms. The van der Waals surface area contributed by atoms with Gasteiger partial charge in [-0.25, -0.2) is 0 Å². The van der Waals surface area contributed by atoms with Gasteiger partial charge in [0, 0.05) is 24.4 Å². The largest absolute Gasteiger partial charge is 0.493 e. The summed E-state index contributed by atoms with van der Waals surface area (Å²) in [5.41, 5.74) is 0.639. The Morgan fingerprint density at radius 2 is 1.82 bits per heavy atom.